The lowest BCUT2D eigenvalue weighted by Crippen LogP contribution is -2.43. The third-order valence-corrected chi connectivity index (χ3v) is 5.75. The first-order valence-electron chi connectivity index (χ1n) is 8.22. The fourth-order valence-electron chi connectivity index (χ4n) is 2.92. The highest BCUT2D eigenvalue weighted by atomic mass is 32.2. The van der Waals surface area contributed by atoms with E-state index >= 15 is 0 Å². The molecule has 0 aliphatic rings. The smallest absolute Gasteiger partial charge is 0.324 e. The second-order valence-electron chi connectivity index (χ2n) is 5.99. The maximum Gasteiger partial charge on any atom is 0.324 e. The van der Waals surface area contributed by atoms with Gasteiger partial charge in [-0.25, -0.2) is 8.42 Å². The van der Waals surface area contributed by atoms with Crippen molar-refractivity contribution in [3.05, 3.63) is 70.4 Å². The van der Waals surface area contributed by atoms with Crippen molar-refractivity contribution < 1.29 is 22.9 Å². The molecule has 3 rings (SSSR count). The summed E-state index contributed by atoms with van der Waals surface area (Å²) in [4.78, 5) is 25.1. The van der Waals surface area contributed by atoms with Crippen LogP contribution in [0.3, 0.4) is 0 Å². The van der Waals surface area contributed by atoms with Crippen molar-refractivity contribution in [3.63, 3.8) is 0 Å². The zero-order valence-electron chi connectivity index (χ0n) is 14.8. The third-order valence-electron chi connectivity index (χ3n) is 4.23. The van der Waals surface area contributed by atoms with Crippen LogP contribution in [-0.2, 0) is 26.0 Å². The summed E-state index contributed by atoms with van der Waals surface area (Å²) >= 11 is 0. The molecule has 2 aromatic carbocycles. The van der Waals surface area contributed by atoms with Crippen LogP contribution in [0, 0.1) is 10.1 Å². The van der Waals surface area contributed by atoms with Gasteiger partial charge in [0.1, 0.15) is 6.04 Å². The minimum atomic E-state index is -4.35. The number of aromatic nitrogens is 1. The first kappa shape index (κ1) is 19.5. The molecule has 0 radical (unpaired) electrons. The number of carbonyl (C=O) groups is 1. The fraction of sp³-hybridized carbons (Fsp3) is 0.167. The SMILES string of the molecule is COC(=O)[C@H](Cc1c[nH]c2ccccc12)NS(=O)(=O)c1ccccc1[N+](=O)[O-]. The number of hydrogen-bond donors (Lipinski definition) is 2. The monoisotopic (exact) mass is 403 g/mol. The first-order valence-corrected chi connectivity index (χ1v) is 9.70. The summed E-state index contributed by atoms with van der Waals surface area (Å²) in [5.74, 6) is -0.799. The van der Waals surface area contributed by atoms with E-state index in [1.54, 1.807) is 6.20 Å². The second kappa shape index (κ2) is 7.79. The van der Waals surface area contributed by atoms with E-state index < -0.39 is 37.5 Å². The predicted molar refractivity (Wildman–Crippen MR) is 101 cm³/mol. The van der Waals surface area contributed by atoms with Crippen molar-refractivity contribution >= 4 is 32.6 Å². The van der Waals surface area contributed by atoms with Gasteiger partial charge in [-0.2, -0.15) is 4.72 Å². The van der Waals surface area contributed by atoms with Crippen LogP contribution in [0.15, 0.2) is 59.6 Å². The molecule has 146 valence electrons. The summed E-state index contributed by atoms with van der Waals surface area (Å²) < 4.78 is 32.5. The number of esters is 1. The highest BCUT2D eigenvalue weighted by Crippen LogP contribution is 2.24. The number of aromatic amines is 1. The standard InChI is InChI=1S/C18H17N3O6S/c1-27-18(22)15(10-12-11-19-14-7-3-2-6-13(12)14)20-28(25,26)17-9-5-4-8-16(17)21(23)24/h2-9,11,15,19-20H,10H2,1H3/t15-/m0/s1. The molecule has 0 fully saturated rings. The van der Waals surface area contributed by atoms with Crippen molar-refractivity contribution in [1.29, 1.82) is 0 Å². The summed E-state index contributed by atoms with van der Waals surface area (Å²) in [5, 5.41) is 12.0. The van der Waals surface area contributed by atoms with Gasteiger partial charge >= 0.3 is 5.97 Å². The Morgan fingerprint density at radius 1 is 1.21 bits per heavy atom. The molecule has 0 saturated heterocycles. The van der Waals surface area contributed by atoms with Gasteiger partial charge in [-0.15, -0.1) is 0 Å². The average molecular weight is 403 g/mol. The van der Waals surface area contributed by atoms with Gasteiger partial charge in [-0.1, -0.05) is 30.3 Å². The fourth-order valence-corrected chi connectivity index (χ4v) is 4.28. The molecular weight excluding hydrogens is 386 g/mol. The summed E-state index contributed by atoms with van der Waals surface area (Å²) in [5.41, 5.74) is 0.963. The normalized spacial score (nSPS) is 12.6. The molecule has 9 nitrogen and oxygen atoms in total. The van der Waals surface area contributed by atoms with Gasteiger partial charge < -0.3 is 9.72 Å². The molecule has 1 atom stereocenters. The quantitative estimate of drug-likeness (QED) is 0.353. The van der Waals surface area contributed by atoms with Crippen LogP contribution in [-0.4, -0.2) is 37.4 Å². The van der Waals surface area contributed by atoms with E-state index in [0.29, 0.717) is 5.56 Å². The molecule has 0 amide bonds. The van der Waals surface area contributed by atoms with E-state index in [0.717, 1.165) is 30.1 Å². The molecule has 3 aromatic rings. The summed E-state index contributed by atoms with van der Waals surface area (Å²) in [7, 11) is -3.21. The van der Waals surface area contributed by atoms with Gasteiger partial charge in [0, 0.05) is 29.6 Å². The number of carbonyl (C=O) groups excluding carboxylic acids is 1. The lowest BCUT2D eigenvalue weighted by Gasteiger charge is -2.16. The number of benzene rings is 2. The van der Waals surface area contributed by atoms with E-state index in [9.17, 15) is 23.3 Å². The molecule has 1 heterocycles. The summed E-state index contributed by atoms with van der Waals surface area (Å²) in [6.07, 6.45) is 1.69. The Bertz CT molecular complexity index is 1140. The van der Waals surface area contributed by atoms with E-state index in [1.807, 2.05) is 24.3 Å². The van der Waals surface area contributed by atoms with Crippen LogP contribution < -0.4 is 4.72 Å². The molecule has 0 aliphatic carbocycles. The Labute approximate surface area is 160 Å². The van der Waals surface area contributed by atoms with Gasteiger partial charge in [-0.3, -0.25) is 14.9 Å². The molecule has 0 bridgehead atoms. The van der Waals surface area contributed by atoms with Gasteiger partial charge in [0.2, 0.25) is 10.0 Å². The third kappa shape index (κ3) is 3.87. The summed E-state index contributed by atoms with van der Waals surface area (Å²) in [6, 6.07) is 11.0. The Morgan fingerprint density at radius 3 is 2.61 bits per heavy atom. The number of hydrogen-bond acceptors (Lipinski definition) is 6. The van der Waals surface area contributed by atoms with Crippen LogP contribution >= 0.6 is 0 Å². The van der Waals surface area contributed by atoms with Gasteiger partial charge in [0.25, 0.3) is 5.69 Å². The highest BCUT2D eigenvalue weighted by Gasteiger charge is 2.31. The highest BCUT2D eigenvalue weighted by molar-refractivity contribution is 7.89. The number of nitro groups is 1. The van der Waals surface area contributed by atoms with Crippen LogP contribution in [0.1, 0.15) is 5.56 Å². The van der Waals surface area contributed by atoms with Crippen molar-refractivity contribution in [2.45, 2.75) is 17.4 Å². The molecule has 0 aliphatic heterocycles. The Kier molecular flexibility index (Phi) is 5.43. The van der Waals surface area contributed by atoms with Crippen molar-refractivity contribution in [2.24, 2.45) is 0 Å². The molecule has 1 aromatic heterocycles. The van der Waals surface area contributed by atoms with Crippen LogP contribution in [0.5, 0.6) is 0 Å². The van der Waals surface area contributed by atoms with E-state index in [1.165, 1.54) is 12.1 Å². The average Bonchev–Trinajstić information content (AvgIpc) is 3.09. The first-order chi connectivity index (χ1) is 13.3. The van der Waals surface area contributed by atoms with Gasteiger partial charge in [0.05, 0.1) is 12.0 Å². The van der Waals surface area contributed by atoms with Crippen molar-refractivity contribution in [2.75, 3.05) is 7.11 Å². The van der Waals surface area contributed by atoms with E-state index in [2.05, 4.69) is 9.71 Å². The molecule has 2 N–H and O–H groups in total. The molecule has 0 spiro atoms. The maximum absolute atomic E-state index is 12.7. The largest absolute Gasteiger partial charge is 0.468 e. The van der Waals surface area contributed by atoms with Gasteiger partial charge in [0.15, 0.2) is 4.90 Å². The van der Waals surface area contributed by atoms with Crippen LogP contribution in [0.25, 0.3) is 10.9 Å². The number of sulfonamides is 1. The van der Waals surface area contributed by atoms with Crippen LogP contribution in [0.2, 0.25) is 0 Å². The minimum Gasteiger partial charge on any atom is -0.468 e. The number of methoxy groups -OCH3 is 1. The number of rotatable bonds is 7. The summed E-state index contributed by atoms with van der Waals surface area (Å²) in [6.45, 7) is 0. The minimum absolute atomic E-state index is 0.0105. The topological polar surface area (TPSA) is 131 Å². The number of nitrogens with zero attached hydrogens (tertiary/aromatic N) is 1. The molecule has 0 unspecified atom stereocenters. The number of nitrogens with one attached hydrogen (secondary N) is 2. The van der Waals surface area contributed by atoms with E-state index in [-0.39, 0.29) is 6.42 Å². The predicted octanol–water partition coefficient (Wildman–Crippen LogP) is 2.14. The van der Waals surface area contributed by atoms with Crippen LogP contribution in [0.4, 0.5) is 5.69 Å². The molecule has 0 saturated carbocycles. The number of fused-ring (bicyclic) bond motifs is 1. The van der Waals surface area contributed by atoms with E-state index in [4.69, 9.17) is 4.74 Å². The molecular formula is C18H17N3O6S. The number of para-hydroxylation sites is 2. The Balaban J connectivity index is 1.95. The molecule has 28 heavy (non-hydrogen) atoms. The Morgan fingerprint density at radius 2 is 1.89 bits per heavy atom. The van der Waals surface area contributed by atoms with Crippen molar-refractivity contribution in [3.8, 4) is 0 Å². The second-order valence-corrected chi connectivity index (χ2v) is 7.67. The lowest BCUT2D eigenvalue weighted by atomic mass is 10.1. The van der Waals surface area contributed by atoms with Gasteiger partial charge in [-0.05, 0) is 17.7 Å². The molecule has 10 heteroatoms. The maximum atomic E-state index is 12.7. The zero-order chi connectivity index (χ0) is 20.3. The number of nitro benzene ring substituents is 1. The Hall–Kier alpha value is -3.24. The zero-order valence-corrected chi connectivity index (χ0v) is 15.6. The lowest BCUT2D eigenvalue weighted by molar-refractivity contribution is -0.387. The number of H-pyrrole nitrogens is 1. The van der Waals surface area contributed by atoms with Crippen molar-refractivity contribution in [1.82, 2.24) is 9.71 Å². The number of ether oxygens (including phenoxy) is 1.